The molecule has 0 saturated carbocycles. The third-order valence-electron chi connectivity index (χ3n) is 3.42. The number of hydrogen-bond donors (Lipinski definition) is 1. The van der Waals surface area contributed by atoms with Gasteiger partial charge >= 0.3 is 0 Å². The van der Waals surface area contributed by atoms with Crippen molar-refractivity contribution < 1.29 is 18.0 Å². The molecular formula is C15H22ClN3O4S. The summed E-state index contributed by atoms with van der Waals surface area (Å²) in [5, 5.41) is 2.50. The molecule has 0 heterocycles. The average molecular weight is 376 g/mol. The molecule has 7 nitrogen and oxygen atoms in total. The number of amides is 2. The second-order valence-corrected chi connectivity index (χ2v) is 7.52. The molecule has 0 bridgehead atoms. The van der Waals surface area contributed by atoms with Crippen LogP contribution in [0.3, 0.4) is 0 Å². The Hall–Kier alpha value is -1.64. The van der Waals surface area contributed by atoms with E-state index in [-0.39, 0.29) is 27.9 Å². The number of rotatable bonds is 7. The van der Waals surface area contributed by atoms with Crippen LogP contribution in [-0.4, -0.2) is 63.2 Å². The topological polar surface area (TPSA) is 86.8 Å². The molecule has 1 rings (SSSR count). The largest absolute Gasteiger partial charge is 0.347 e. The Bertz CT molecular complexity index is 715. The van der Waals surface area contributed by atoms with Crippen LogP contribution in [0.2, 0.25) is 5.02 Å². The summed E-state index contributed by atoms with van der Waals surface area (Å²) in [6, 6.07) is 4.01. The average Bonchev–Trinajstić information content (AvgIpc) is 2.53. The zero-order valence-corrected chi connectivity index (χ0v) is 15.7. The molecule has 2 amide bonds. The molecule has 0 atom stereocenters. The van der Waals surface area contributed by atoms with Crippen molar-refractivity contribution >= 4 is 33.4 Å². The van der Waals surface area contributed by atoms with Crippen molar-refractivity contribution in [2.45, 2.75) is 18.7 Å². The lowest BCUT2D eigenvalue weighted by molar-refractivity contribution is -0.127. The number of sulfonamides is 1. The van der Waals surface area contributed by atoms with Crippen molar-refractivity contribution in [2.75, 3.05) is 33.7 Å². The Morgan fingerprint density at radius 3 is 2.25 bits per heavy atom. The van der Waals surface area contributed by atoms with E-state index in [9.17, 15) is 18.0 Å². The van der Waals surface area contributed by atoms with Crippen LogP contribution in [0.4, 0.5) is 0 Å². The number of hydrogen-bond acceptors (Lipinski definition) is 4. The molecule has 24 heavy (non-hydrogen) atoms. The Morgan fingerprint density at radius 2 is 1.75 bits per heavy atom. The predicted octanol–water partition coefficient (Wildman–Crippen LogP) is 1.19. The quantitative estimate of drug-likeness (QED) is 0.775. The van der Waals surface area contributed by atoms with Gasteiger partial charge in [0.15, 0.2) is 0 Å². The van der Waals surface area contributed by atoms with E-state index in [1.165, 1.54) is 27.4 Å². The first-order valence-electron chi connectivity index (χ1n) is 7.43. The van der Waals surface area contributed by atoms with Gasteiger partial charge in [0.25, 0.3) is 5.91 Å². The minimum absolute atomic E-state index is 0.0443. The molecule has 0 fully saturated rings. The second-order valence-electron chi connectivity index (χ2n) is 5.21. The number of halogens is 1. The van der Waals surface area contributed by atoms with Gasteiger partial charge < -0.3 is 10.2 Å². The molecule has 0 unspecified atom stereocenters. The molecule has 1 N–H and O–H groups in total. The van der Waals surface area contributed by atoms with E-state index in [1.54, 1.807) is 27.9 Å². The number of carbonyl (C=O) groups is 2. The third-order valence-corrected chi connectivity index (χ3v) is 5.95. The smallest absolute Gasteiger partial charge is 0.251 e. The highest BCUT2D eigenvalue weighted by Gasteiger charge is 2.25. The van der Waals surface area contributed by atoms with Crippen molar-refractivity contribution in [3.8, 4) is 0 Å². The number of carbonyl (C=O) groups excluding carboxylic acids is 2. The van der Waals surface area contributed by atoms with Crippen LogP contribution in [0.5, 0.6) is 0 Å². The molecule has 0 saturated heterocycles. The van der Waals surface area contributed by atoms with Crippen molar-refractivity contribution in [3.63, 3.8) is 0 Å². The fourth-order valence-corrected chi connectivity index (χ4v) is 3.92. The number of likely N-dealkylation sites (N-methyl/N-ethyl adjacent to an activating group) is 1. The zero-order chi connectivity index (χ0) is 18.5. The van der Waals surface area contributed by atoms with Crippen LogP contribution in [0, 0.1) is 0 Å². The molecule has 9 heteroatoms. The predicted molar refractivity (Wildman–Crippen MR) is 92.6 cm³/mol. The molecule has 0 aliphatic heterocycles. The lowest BCUT2D eigenvalue weighted by Crippen LogP contribution is -2.36. The lowest BCUT2D eigenvalue weighted by atomic mass is 10.2. The van der Waals surface area contributed by atoms with Gasteiger partial charge in [0.1, 0.15) is 4.90 Å². The molecule has 0 aromatic heterocycles. The molecule has 0 aliphatic carbocycles. The van der Waals surface area contributed by atoms with E-state index >= 15 is 0 Å². The molecular weight excluding hydrogens is 354 g/mol. The van der Waals surface area contributed by atoms with E-state index in [0.29, 0.717) is 13.1 Å². The Kier molecular flexibility index (Phi) is 7.19. The van der Waals surface area contributed by atoms with E-state index < -0.39 is 15.9 Å². The van der Waals surface area contributed by atoms with Crippen LogP contribution in [0.25, 0.3) is 0 Å². The van der Waals surface area contributed by atoms with Crippen molar-refractivity contribution in [1.29, 1.82) is 0 Å². The summed E-state index contributed by atoms with van der Waals surface area (Å²) in [6.45, 7) is 3.86. The summed E-state index contributed by atoms with van der Waals surface area (Å²) in [5.41, 5.74) is 0.122. The van der Waals surface area contributed by atoms with Gasteiger partial charge in [-0.05, 0) is 18.2 Å². The van der Waals surface area contributed by atoms with Crippen LogP contribution < -0.4 is 5.32 Å². The summed E-state index contributed by atoms with van der Waals surface area (Å²) in [5.74, 6) is -0.814. The highest BCUT2D eigenvalue weighted by molar-refractivity contribution is 7.89. The minimum atomic E-state index is -3.79. The molecule has 1 aromatic carbocycles. The highest BCUT2D eigenvalue weighted by Crippen LogP contribution is 2.25. The van der Waals surface area contributed by atoms with Gasteiger partial charge in [-0.1, -0.05) is 25.4 Å². The van der Waals surface area contributed by atoms with Crippen molar-refractivity contribution in [3.05, 3.63) is 28.8 Å². The fourth-order valence-electron chi connectivity index (χ4n) is 1.96. The molecule has 134 valence electrons. The van der Waals surface area contributed by atoms with Crippen LogP contribution in [0.15, 0.2) is 23.1 Å². The molecule has 1 aromatic rings. The Labute approximate surface area is 147 Å². The normalized spacial score (nSPS) is 11.4. The fraction of sp³-hybridized carbons (Fsp3) is 0.467. The summed E-state index contributed by atoms with van der Waals surface area (Å²) in [6.07, 6.45) is 0. The van der Waals surface area contributed by atoms with Crippen LogP contribution in [0.1, 0.15) is 24.2 Å². The lowest BCUT2D eigenvalue weighted by Gasteiger charge is -2.19. The van der Waals surface area contributed by atoms with Gasteiger partial charge in [-0.25, -0.2) is 8.42 Å². The monoisotopic (exact) mass is 375 g/mol. The van der Waals surface area contributed by atoms with E-state index in [1.807, 2.05) is 0 Å². The number of nitrogens with zero attached hydrogens (tertiary/aromatic N) is 2. The van der Waals surface area contributed by atoms with Crippen molar-refractivity contribution in [1.82, 2.24) is 14.5 Å². The zero-order valence-electron chi connectivity index (χ0n) is 14.2. The summed E-state index contributed by atoms with van der Waals surface area (Å²) in [4.78, 5) is 24.9. The second kappa shape index (κ2) is 8.46. The number of nitrogens with one attached hydrogen (secondary N) is 1. The summed E-state index contributed by atoms with van der Waals surface area (Å²) in [7, 11) is -0.636. The van der Waals surface area contributed by atoms with Gasteiger partial charge in [-0.3, -0.25) is 9.59 Å². The molecule has 0 spiro atoms. The minimum Gasteiger partial charge on any atom is -0.347 e. The SMILES string of the molecule is CCN(CC)S(=O)(=O)c1cc(C(=O)NCC(=O)N(C)C)ccc1Cl. The van der Waals surface area contributed by atoms with E-state index in [0.717, 1.165) is 0 Å². The molecule has 0 radical (unpaired) electrons. The van der Waals surface area contributed by atoms with Gasteiger partial charge in [0, 0.05) is 32.7 Å². The van der Waals surface area contributed by atoms with Gasteiger partial charge in [-0.15, -0.1) is 0 Å². The van der Waals surface area contributed by atoms with Crippen LogP contribution >= 0.6 is 11.6 Å². The van der Waals surface area contributed by atoms with Gasteiger partial charge in [-0.2, -0.15) is 4.31 Å². The van der Waals surface area contributed by atoms with E-state index in [2.05, 4.69) is 5.32 Å². The van der Waals surface area contributed by atoms with E-state index in [4.69, 9.17) is 11.6 Å². The van der Waals surface area contributed by atoms with Gasteiger partial charge in [0.2, 0.25) is 15.9 Å². The highest BCUT2D eigenvalue weighted by atomic mass is 35.5. The standard InChI is InChI=1S/C15H22ClN3O4S/c1-5-19(6-2)24(22,23)13-9-11(7-8-12(13)16)15(21)17-10-14(20)18(3)4/h7-9H,5-6,10H2,1-4H3,(H,17,21). The maximum Gasteiger partial charge on any atom is 0.251 e. The maximum atomic E-state index is 12.6. The first kappa shape index (κ1) is 20.4. The first-order valence-corrected chi connectivity index (χ1v) is 9.25. The maximum absolute atomic E-state index is 12.6. The van der Waals surface area contributed by atoms with Crippen LogP contribution in [-0.2, 0) is 14.8 Å². The summed E-state index contributed by atoms with van der Waals surface area (Å²) >= 11 is 6.01. The number of benzene rings is 1. The first-order chi connectivity index (χ1) is 11.1. The Balaban J connectivity index is 3.10. The van der Waals surface area contributed by atoms with Gasteiger partial charge in [0.05, 0.1) is 11.6 Å². The summed E-state index contributed by atoms with van der Waals surface area (Å²) < 4.78 is 26.4. The third kappa shape index (κ3) is 4.68. The van der Waals surface area contributed by atoms with Crippen molar-refractivity contribution in [2.24, 2.45) is 0 Å². The Morgan fingerprint density at radius 1 is 1.17 bits per heavy atom. The molecule has 0 aliphatic rings.